The molecule has 5 aromatic rings. The normalized spacial score (nSPS) is 14.4. The average molecular weight is 749 g/mol. The summed E-state index contributed by atoms with van der Waals surface area (Å²) in [7, 11) is 2.64. The second kappa shape index (κ2) is 17.5. The highest BCUT2D eigenvalue weighted by atomic mass is 19.3. The fourth-order valence-corrected chi connectivity index (χ4v) is 7.09. The monoisotopic (exact) mass is 748 g/mol. The van der Waals surface area contributed by atoms with E-state index in [0.717, 1.165) is 51.6 Å². The Bertz CT molecular complexity index is 2040. The SMILES string of the molecule is COC(=O)N[C@H](CC(CC(F)(F)CN)c1nc2ccc(-c3ccc4c(ccc5[nH]c([C@H](CCCN)C[C@@H](NC(=O)OC)C(C)C)nc54)c3)cc2[nH]1)C(C)C. The average Bonchev–Trinajstić information content (AvgIpc) is 3.79. The second-order valence-corrected chi connectivity index (χ2v) is 14.9. The zero-order valence-corrected chi connectivity index (χ0v) is 32.0. The zero-order chi connectivity index (χ0) is 39.2. The van der Waals surface area contributed by atoms with Crippen LogP contribution in [-0.4, -0.2) is 77.4 Å². The number of rotatable bonds is 17. The Morgan fingerprint density at radius 3 is 2.00 bits per heavy atom. The van der Waals surface area contributed by atoms with Gasteiger partial charge in [-0.3, -0.25) is 0 Å². The first-order valence-corrected chi connectivity index (χ1v) is 18.6. The highest BCUT2D eigenvalue weighted by Gasteiger charge is 2.35. The molecule has 0 aliphatic carbocycles. The van der Waals surface area contributed by atoms with E-state index in [9.17, 15) is 18.4 Å². The molecule has 0 radical (unpaired) electrons. The van der Waals surface area contributed by atoms with Crippen LogP contribution in [0.1, 0.15) is 83.3 Å². The van der Waals surface area contributed by atoms with Gasteiger partial charge in [-0.2, -0.15) is 0 Å². The standard InChI is InChI=1S/C40H54F2N8O4/c1-22(2)32(48-38(51)53-5)18-27(8-7-15-43)36-46-31-14-11-26-16-24(9-12-29(26)35(31)50-36)25-10-13-30-34(17-25)47-37(45-30)28(20-40(41,42)21-44)19-33(23(3)4)49-39(52)54-6/h9-14,16-17,22-23,27-28,32-33H,7-8,15,18-21,43-44H2,1-6H3,(H,45,47)(H,46,50)(H,48,51)(H,49,52)/t27-,28?,32-,33-/m1/s1. The van der Waals surface area contributed by atoms with Crippen LogP contribution in [0, 0.1) is 11.8 Å². The smallest absolute Gasteiger partial charge is 0.407 e. The number of hydrogen-bond acceptors (Lipinski definition) is 8. The van der Waals surface area contributed by atoms with Gasteiger partial charge in [-0.1, -0.05) is 52.0 Å². The summed E-state index contributed by atoms with van der Waals surface area (Å²) < 4.78 is 39.2. The predicted octanol–water partition coefficient (Wildman–Crippen LogP) is 7.69. The lowest BCUT2D eigenvalue weighted by atomic mass is 9.88. The molecule has 12 nitrogen and oxygen atoms in total. The third kappa shape index (κ3) is 9.64. The van der Waals surface area contributed by atoms with Crippen molar-refractivity contribution in [3.05, 3.63) is 60.2 Å². The van der Waals surface area contributed by atoms with Crippen molar-refractivity contribution < 1.29 is 27.8 Å². The number of amides is 2. The molecule has 2 amide bonds. The van der Waals surface area contributed by atoms with Crippen LogP contribution >= 0.6 is 0 Å². The van der Waals surface area contributed by atoms with E-state index < -0.39 is 43.0 Å². The molecule has 4 atom stereocenters. The molecule has 8 N–H and O–H groups in total. The van der Waals surface area contributed by atoms with Crippen LogP contribution in [0.5, 0.6) is 0 Å². The molecule has 0 saturated carbocycles. The van der Waals surface area contributed by atoms with Gasteiger partial charge in [0.1, 0.15) is 11.6 Å². The van der Waals surface area contributed by atoms with Crippen molar-refractivity contribution in [2.45, 2.75) is 89.6 Å². The number of nitrogens with zero attached hydrogens (tertiary/aromatic N) is 2. The first-order valence-electron chi connectivity index (χ1n) is 18.6. The molecule has 0 spiro atoms. The van der Waals surface area contributed by atoms with Crippen LogP contribution in [0.4, 0.5) is 18.4 Å². The fraction of sp³-hybridized carbons (Fsp3) is 0.500. The third-order valence-electron chi connectivity index (χ3n) is 10.4. The molecule has 14 heteroatoms. The summed E-state index contributed by atoms with van der Waals surface area (Å²) in [5.74, 6) is -2.36. The number of aromatic amines is 2. The summed E-state index contributed by atoms with van der Waals surface area (Å²) in [4.78, 5) is 40.8. The quantitative estimate of drug-likeness (QED) is 0.0559. The summed E-state index contributed by atoms with van der Waals surface area (Å²) in [5.41, 5.74) is 16.4. The first-order chi connectivity index (χ1) is 25.7. The molecule has 2 aromatic heterocycles. The summed E-state index contributed by atoms with van der Waals surface area (Å²) in [6, 6.07) is 15.6. The molecule has 0 saturated heterocycles. The topological polar surface area (TPSA) is 186 Å². The number of alkyl halides is 2. The van der Waals surface area contributed by atoms with Crippen molar-refractivity contribution in [3.63, 3.8) is 0 Å². The van der Waals surface area contributed by atoms with E-state index in [0.29, 0.717) is 29.8 Å². The second-order valence-electron chi connectivity index (χ2n) is 14.9. The number of alkyl carbamates (subject to hydrolysis) is 2. The number of carbonyl (C=O) groups is 2. The number of imidazole rings is 2. The van der Waals surface area contributed by atoms with Crippen LogP contribution in [-0.2, 0) is 9.47 Å². The summed E-state index contributed by atoms with van der Waals surface area (Å²) in [6.07, 6.45) is 0.959. The van der Waals surface area contributed by atoms with E-state index in [1.54, 1.807) is 0 Å². The molecular weight excluding hydrogens is 694 g/mol. The van der Waals surface area contributed by atoms with Crippen molar-refractivity contribution >= 4 is 45.0 Å². The summed E-state index contributed by atoms with van der Waals surface area (Å²) >= 11 is 0. The minimum Gasteiger partial charge on any atom is -0.453 e. The summed E-state index contributed by atoms with van der Waals surface area (Å²) in [6.45, 7) is 7.75. The van der Waals surface area contributed by atoms with Crippen molar-refractivity contribution in [3.8, 4) is 11.1 Å². The van der Waals surface area contributed by atoms with Crippen molar-refractivity contribution in [1.82, 2.24) is 30.6 Å². The molecule has 292 valence electrons. The van der Waals surface area contributed by atoms with E-state index >= 15 is 0 Å². The zero-order valence-electron chi connectivity index (χ0n) is 32.0. The van der Waals surface area contributed by atoms with Crippen molar-refractivity contribution in [2.24, 2.45) is 23.3 Å². The lowest BCUT2D eigenvalue weighted by Gasteiger charge is -2.28. The predicted molar refractivity (Wildman–Crippen MR) is 209 cm³/mol. The first kappa shape index (κ1) is 40.4. The van der Waals surface area contributed by atoms with Gasteiger partial charge >= 0.3 is 12.2 Å². The number of nitrogens with one attached hydrogen (secondary N) is 4. The van der Waals surface area contributed by atoms with Gasteiger partial charge in [0.05, 0.1) is 42.8 Å². The highest BCUT2D eigenvalue weighted by molar-refractivity contribution is 6.05. The van der Waals surface area contributed by atoms with E-state index in [1.165, 1.54) is 14.2 Å². The third-order valence-corrected chi connectivity index (χ3v) is 10.4. The van der Waals surface area contributed by atoms with Crippen LogP contribution in [0.15, 0.2) is 48.5 Å². The molecule has 0 aliphatic heterocycles. The van der Waals surface area contributed by atoms with Crippen molar-refractivity contribution in [2.75, 3.05) is 27.3 Å². The van der Waals surface area contributed by atoms with Crippen LogP contribution in [0.2, 0.25) is 0 Å². The Morgan fingerprint density at radius 2 is 1.39 bits per heavy atom. The van der Waals surface area contributed by atoms with Gasteiger partial charge in [-0.25, -0.2) is 28.3 Å². The van der Waals surface area contributed by atoms with E-state index in [2.05, 4.69) is 52.6 Å². The number of carbonyl (C=O) groups excluding carboxylic acids is 2. The highest BCUT2D eigenvalue weighted by Crippen LogP contribution is 2.36. The number of nitrogens with two attached hydrogens (primary N) is 2. The maximum atomic E-state index is 14.8. The number of hydrogen-bond donors (Lipinski definition) is 6. The lowest BCUT2D eigenvalue weighted by molar-refractivity contribution is -0.00751. The molecular formula is C40H54F2N8O4. The number of fused-ring (bicyclic) bond motifs is 4. The lowest BCUT2D eigenvalue weighted by Crippen LogP contribution is -2.40. The maximum absolute atomic E-state index is 14.8. The number of ether oxygens (including phenoxy) is 2. The maximum Gasteiger partial charge on any atom is 0.407 e. The number of aromatic nitrogens is 4. The minimum absolute atomic E-state index is 0.0403. The molecule has 5 rings (SSSR count). The molecule has 0 fully saturated rings. The molecule has 1 unspecified atom stereocenters. The Kier molecular flexibility index (Phi) is 13.1. The number of benzene rings is 3. The van der Waals surface area contributed by atoms with Crippen LogP contribution < -0.4 is 22.1 Å². The van der Waals surface area contributed by atoms with Crippen molar-refractivity contribution in [1.29, 1.82) is 0 Å². The fourth-order valence-electron chi connectivity index (χ4n) is 7.09. The van der Waals surface area contributed by atoms with E-state index in [1.807, 2.05) is 44.2 Å². The van der Waals surface area contributed by atoms with Crippen LogP contribution in [0.3, 0.4) is 0 Å². The van der Waals surface area contributed by atoms with E-state index in [-0.39, 0.29) is 30.2 Å². The molecule has 3 aromatic carbocycles. The molecule has 2 heterocycles. The van der Waals surface area contributed by atoms with E-state index in [4.69, 9.17) is 30.9 Å². The molecule has 0 aliphatic rings. The minimum atomic E-state index is -3.11. The number of halogens is 2. The van der Waals surface area contributed by atoms with Gasteiger partial charge in [0.2, 0.25) is 0 Å². The number of methoxy groups -OCH3 is 2. The largest absolute Gasteiger partial charge is 0.453 e. The van der Waals surface area contributed by atoms with Crippen LogP contribution in [0.25, 0.3) is 44.0 Å². The Labute approximate surface area is 314 Å². The summed E-state index contributed by atoms with van der Waals surface area (Å²) in [5, 5.41) is 7.78. The van der Waals surface area contributed by atoms with Gasteiger partial charge in [0.15, 0.2) is 0 Å². The Morgan fingerprint density at radius 1 is 0.796 bits per heavy atom. The van der Waals surface area contributed by atoms with Gasteiger partial charge in [-0.15, -0.1) is 0 Å². The Balaban J connectivity index is 1.45. The van der Waals surface area contributed by atoms with Gasteiger partial charge in [0.25, 0.3) is 5.92 Å². The van der Waals surface area contributed by atoms with Gasteiger partial charge in [-0.05, 0) is 84.8 Å². The van der Waals surface area contributed by atoms with Gasteiger partial charge in [0, 0.05) is 35.7 Å². The molecule has 0 bridgehead atoms. The van der Waals surface area contributed by atoms with Gasteiger partial charge < -0.3 is 41.5 Å². The Hall–Kier alpha value is -4.82. The molecule has 54 heavy (non-hydrogen) atoms. The number of H-pyrrole nitrogens is 2.